The van der Waals surface area contributed by atoms with Gasteiger partial charge in [0.2, 0.25) is 0 Å². The molecule has 0 saturated carbocycles. The molecular formula is C14H24N4O3. The number of urea groups is 1. The van der Waals surface area contributed by atoms with Crippen LogP contribution in [-0.2, 0) is 11.2 Å². The number of hydrogen-bond acceptors (Lipinski definition) is 3. The van der Waals surface area contributed by atoms with Crippen LogP contribution in [0.25, 0.3) is 0 Å². The SMILES string of the molecule is CC(C)(CCNC(=O)NCCc1ncc[nH]1)CCC(=O)O. The Kier molecular flexibility index (Phi) is 6.71. The predicted molar refractivity (Wildman–Crippen MR) is 79.0 cm³/mol. The van der Waals surface area contributed by atoms with Crippen molar-refractivity contribution in [2.45, 2.75) is 39.5 Å². The van der Waals surface area contributed by atoms with Crippen LogP contribution in [-0.4, -0.2) is 40.2 Å². The van der Waals surface area contributed by atoms with Gasteiger partial charge in [-0.25, -0.2) is 9.78 Å². The van der Waals surface area contributed by atoms with Crippen LogP contribution in [0.2, 0.25) is 0 Å². The molecule has 0 aliphatic carbocycles. The van der Waals surface area contributed by atoms with Gasteiger partial charge >= 0.3 is 12.0 Å². The van der Waals surface area contributed by atoms with Crippen molar-refractivity contribution in [3.05, 3.63) is 18.2 Å². The van der Waals surface area contributed by atoms with Gasteiger partial charge in [0, 0.05) is 38.3 Å². The van der Waals surface area contributed by atoms with Gasteiger partial charge in [-0.05, 0) is 18.3 Å². The van der Waals surface area contributed by atoms with Gasteiger partial charge in [0.25, 0.3) is 0 Å². The third-order valence-corrected chi connectivity index (χ3v) is 3.31. The van der Waals surface area contributed by atoms with Crippen LogP contribution in [0.5, 0.6) is 0 Å². The number of rotatable bonds is 9. The predicted octanol–water partition coefficient (Wildman–Crippen LogP) is 1.53. The highest BCUT2D eigenvalue weighted by Gasteiger charge is 2.19. The minimum atomic E-state index is -0.785. The van der Waals surface area contributed by atoms with Crippen LogP contribution in [0.1, 0.15) is 38.9 Å². The van der Waals surface area contributed by atoms with E-state index in [1.54, 1.807) is 12.4 Å². The highest BCUT2D eigenvalue weighted by molar-refractivity contribution is 5.73. The van der Waals surface area contributed by atoms with Crippen molar-refractivity contribution in [1.82, 2.24) is 20.6 Å². The summed E-state index contributed by atoms with van der Waals surface area (Å²) in [5, 5.41) is 14.2. The normalized spacial score (nSPS) is 11.1. The summed E-state index contributed by atoms with van der Waals surface area (Å²) < 4.78 is 0. The molecular weight excluding hydrogens is 272 g/mol. The van der Waals surface area contributed by atoms with Gasteiger partial charge in [0.05, 0.1) is 0 Å². The van der Waals surface area contributed by atoms with Crippen LogP contribution in [0, 0.1) is 5.41 Å². The number of aliphatic carboxylic acids is 1. The molecule has 7 heteroatoms. The Labute approximate surface area is 124 Å². The monoisotopic (exact) mass is 296 g/mol. The summed E-state index contributed by atoms with van der Waals surface area (Å²) in [4.78, 5) is 29.2. The Morgan fingerprint density at radius 1 is 1.29 bits per heavy atom. The molecule has 118 valence electrons. The van der Waals surface area contributed by atoms with Gasteiger partial charge in [0.15, 0.2) is 0 Å². The average Bonchev–Trinajstić information content (AvgIpc) is 2.89. The lowest BCUT2D eigenvalue weighted by molar-refractivity contribution is -0.137. The third kappa shape index (κ3) is 7.96. The van der Waals surface area contributed by atoms with E-state index in [2.05, 4.69) is 20.6 Å². The minimum absolute atomic E-state index is 0.0974. The summed E-state index contributed by atoms with van der Waals surface area (Å²) in [5.74, 6) is 0.0526. The van der Waals surface area contributed by atoms with Crippen molar-refractivity contribution in [2.24, 2.45) is 5.41 Å². The van der Waals surface area contributed by atoms with E-state index in [9.17, 15) is 9.59 Å². The molecule has 0 bridgehead atoms. The van der Waals surface area contributed by atoms with Crippen molar-refractivity contribution in [1.29, 1.82) is 0 Å². The number of aromatic nitrogens is 2. The first-order chi connectivity index (χ1) is 9.89. The van der Waals surface area contributed by atoms with Gasteiger partial charge in [0.1, 0.15) is 5.82 Å². The number of imidazole rings is 1. The van der Waals surface area contributed by atoms with Gasteiger partial charge in [-0.2, -0.15) is 0 Å². The van der Waals surface area contributed by atoms with Crippen molar-refractivity contribution in [3.63, 3.8) is 0 Å². The lowest BCUT2D eigenvalue weighted by Crippen LogP contribution is -2.38. The molecule has 4 N–H and O–H groups in total. The Morgan fingerprint density at radius 3 is 2.62 bits per heavy atom. The maximum Gasteiger partial charge on any atom is 0.314 e. The number of nitrogens with one attached hydrogen (secondary N) is 3. The van der Waals surface area contributed by atoms with Gasteiger partial charge in [-0.3, -0.25) is 4.79 Å². The lowest BCUT2D eigenvalue weighted by atomic mass is 9.84. The first-order valence-electron chi connectivity index (χ1n) is 7.11. The molecule has 1 aromatic rings. The molecule has 0 spiro atoms. The van der Waals surface area contributed by atoms with Crippen molar-refractivity contribution in [3.8, 4) is 0 Å². The molecule has 0 saturated heterocycles. The van der Waals surface area contributed by atoms with Gasteiger partial charge in [-0.15, -0.1) is 0 Å². The molecule has 0 fully saturated rings. The molecule has 1 rings (SSSR count). The van der Waals surface area contributed by atoms with Crippen LogP contribution in [0.3, 0.4) is 0 Å². The van der Waals surface area contributed by atoms with Crippen LogP contribution in [0.15, 0.2) is 12.4 Å². The first-order valence-corrected chi connectivity index (χ1v) is 7.11. The summed E-state index contributed by atoms with van der Waals surface area (Å²) in [7, 11) is 0. The van der Waals surface area contributed by atoms with E-state index in [4.69, 9.17) is 5.11 Å². The van der Waals surface area contributed by atoms with E-state index >= 15 is 0 Å². The number of carbonyl (C=O) groups is 2. The summed E-state index contributed by atoms with van der Waals surface area (Å²) in [5.41, 5.74) is -0.0974. The van der Waals surface area contributed by atoms with Gasteiger partial charge < -0.3 is 20.7 Å². The number of carboxylic acids is 1. The zero-order valence-corrected chi connectivity index (χ0v) is 12.6. The number of amides is 2. The topological polar surface area (TPSA) is 107 Å². The number of nitrogens with zero attached hydrogens (tertiary/aromatic N) is 1. The zero-order valence-electron chi connectivity index (χ0n) is 12.6. The Balaban J connectivity index is 2.10. The van der Waals surface area contributed by atoms with Gasteiger partial charge in [-0.1, -0.05) is 13.8 Å². The summed E-state index contributed by atoms with van der Waals surface area (Å²) in [6.45, 7) is 5.06. The van der Waals surface area contributed by atoms with Crippen molar-refractivity contribution < 1.29 is 14.7 Å². The summed E-state index contributed by atoms with van der Waals surface area (Å²) >= 11 is 0. The summed E-state index contributed by atoms with van der Waals surface area (Å²) in [6.07, 6.45) is 5.58. The fourth-order valence-corrected chi connectivity index (χ4v) is 1.88. The molecule has 0 aliphatic rings. The zero-order chi connectivity index (χ0) is 15.7. The molecule has 2 amide bonds. The molecule has 0 aromatic carbocycles. The Bertz CT molecular complexity index is 443. The largest absolute Gasteiger partial charge is 0.481 e. The molecule has 1 aromatic heterocycles. The highest BCUT2D eigenvalue weighted by atomic mass is 16.4. The first kappa shape index (κ1) is 17.0. The van der Waals surface area contributed by atoms with E-state index < -0.39 is 5.97 Å². The highest BCUT2D eigenvalue weighted by Crippen LogP contribution is 2.25. The number of hydrogen-bond donors (Lipinski definition) is 4. The van der Waals surface area contributed by atoms with Crippen molar-refractivity contribution >= 4 is 12.0 Å². The fourth-order valence-electron chi connectivity index (χ4n) is 1.88. The lowest BCUT2D eigenvalue weighted by Gasteiger charge is -2.23. The number of H-pyrrole nitrogens is 1. The van der Waals surface area contributed by atoms with E-state index in [1.807, 2.05) is 13.8 Å². The standard InChI is InChI=1S/C14H24N4O3/c1-14(2,5-3-12(19)20)6-8-18-13(21)17-7-4-11-15-9-10-16-11/h9-10H,3-8H2,1-2H3,(H,15,16)(H,19,20)(H2,17,18,21). The number of carboxylic acid groups (broad SMARTS) is 1. The quantitative estimate of drug-likeness (QED) is 0.554. The maximum atomic E-state index is 11.6. The van der Waals surface area contributed by atoms with Crippen molar-refractivity contribution in [2.75, 3.05) is 13.1 Å². The smallest absolute Gasteiger partial charge is 0.314 e. The molecule has 0 radical (unpaired) electrons. The molecule has 0 atom stereocenters. The minimum Gasteiger partial charge on any atom is -0.481 e. The molecule has 7 nitrogen and oxygen atoms in total. The Morgan fingerprint density at radius 2 is 2.00 bits per heavy atom. The second-order valence-electron chi connectivity index (χ2n) is 5.78. The second kappa shape index (κ2) is 8.28. The van der Waals surface area contributed by atoms with Crippen LogP contribution in [0.4, 0.5) is 4.79 Å². The number of aromatic amines is 1. The average molecular weight is 296 g/mol. The third-order valence-electron chi connectivity index (χ3n) is 3.31. The fraction of sp³-hybridized carbons (Fsp3) is 0.643. The maximum absolute atomic E-state index is 11.6. The van der Waals surface area contributed by atoms with E-state index in [0.717, 1.165) is 12.2 Å². The van der Waals surface area contributed by atoms with Crippen LogP contribution < -0.4 is 10.6 Å². The molecule has 21 heavy (non-hydrogen) atoms. The Hall–Kier alpha value is -2.05. The number of carbonyl (C=O) groups excluding carboxylic acids is 1. The molecule has 0 unspecified atom stereocenters. The summed E-state index contributed by atoms with van der Waals surface area (Å²) in [6, 6.07) is -0.212. The van der Waals surface area contributed by atoms with E-state index in [-0.39, 0.29) is 17.9 Å². The van der Waals surface area contributed by atoms with E-state index in [1.165, 1.54) is 0 Å². The molecule has 0 aliphatic heterocycles. The molecule has 1 heterocycles. The second-order valence-corrected chi connectivity index (χ2v) is 5.78. The van der Waals surface area contributed by atoms with Crippen LogP contribution >= 0.6 is 0 Å². The van der Waals surface area contributed by atoms with E-state index in [0.29, 0.717) is 25.9 Å².